The van der Waals surface area contributed by atoms with Gasteiger partial charge in [-0.15, -0.1) is 12.4 Å². The monoisotopic (exact) mass is 356 g/mol. The van der Waals surface area contributed by atoms with Crippen LogP contribution in [0.3, 0.4) is 0 Å². The Morgan fingerprint density at radius 1 is 1.30 bits per heavy atom. The van der Waals surface area contributed by atoms with Gasteiger partial charge >= 0.3 is 0 Å². The summed E-state index contributed by atoms with van der Waals surface area (Å²) in [6.45, 7) is 4.86. The molecule has 1 aromatic carbocycles. The van der Waals surface area contributed by atoms with Crippen LogP contribution in [0, 0.1) is 5.92 Å². The minimum Gasteiger partial charge on any atom is -0.338 e. The van der Waals surface area contributed by atoms with Gasteiger partial charge in [-0.05, 0) is 63.0 Å². The van der Waals surface area contributed by atoms with Gasteiger partial charge in [0.15, 0.2) is 0 Å². The Labute approximate surface area is 147 Å². The zero-order valence-electron chi connectivity index (χ0n) is 13.1. The molecule has 2 heterocycles. The SMILES string of the molecule is CC(N)C1CCN(Cc2nc(-c3ccc(Cl)cc3)no2)CC1.Cl. The quantitative estimate of drug-likeness (QED) is 0.909. The van der Waals surface area contributed by atoms with Crippen molar-refractivity contribution in [3.05, 3.63) is 35.2 Å². The van der Waals surface area contributed by atoms with E-state index in [2.05, 4.69) is 22.0 Å². The lowest BCUT2D eigenvalue weighted by Gasteiger charge is -2.32. The molecule has 7 heteroatoms. The molecule has 0 saturated carbocycles. The van der Waals surface area contributed by atoms with Gasteiger partial charge in [0.1, 0.15) is 0 Å². The molecule has 23 heavy (non-hydrogen) atoms. The van der Waals surface area contributed by atoms with Gasteiger partial charge in [0.05, 0.1) is 6.54 Å². The fourth-order valence-corrected chi connectivity index (χ4v) is 2.99. The van der Waals surface area contributed by atoms with E-state index < -0.39 is 0 Å². The largest absolute Gasteiger partial charge is 0.338 e. The van der Waals surface area contributed by atoms with Crippen molar-refractivity contribution in [3.63, 3.8) is 0 Å². The first-order valence-electron chi connectivity index (χ1n) is 7.68. The van der Waals surface area contributed by atoms with E-state index in [1.165, 1.54) is 0 Å². The molecular weight excluding hydrogens is 335 g/mol. The van der Waals surface area contributed by atoms with Crippen LogP contribution in [0.1, 0.15) is 25.7 Å². The number of hydrogen-bond donors (Lipinski definition) is 1. The van der Waals surface area contributed by atoms with Crippen LogP contribution in [-0.2, 0) is 6.54 Å². The van der Waals surface area contributed by atoms with E-state index in [1.54, 1.807) is 0 Å². The molecule has 126 valence electrons. The molecule has 5 nitrogen and oxygen atoms in total. The third kappa shape index (κ3) is 4.67. The summed E-state index contributed by atoms with van der Waals surface area (Å²) >= 11 is 5.89. The summed E-state index contributed by atoms with van der Waals surface area (Å²) in [5, 5.41) is 4.75. The van der Waals surface area contributed by atoms with Gasteiger partial charge in [-0.1, -0.05) is 16.8 Å². The van der Waals surface area contributed by atoms with Gasteiger partial charge < -0.3 is 10.3 Å². The maximum absolute atomic E-state index is 5.97. The normalized spacial score (nSPS) is 17.7. The van der Waals surface area contributed by atoms with E-state index in [9.17, 15) is 0 Å². The van der Waals surface area contributed by atoms with Gasteiger partial charge in [0.25, 0.3) is 0 Å². The number of nitrogens with two attached hydrogens (primary N) is 1. The molecule has 0 aliphatic carbocycles. The van der Waals surface area contributed by atoms with Gasteiger partial charge in [0.2, 0.25) is 11.7 Å². The number of rotatable bonds is 4. The first kappa shape index (κ1) is 18.2. The average molecular weight is 357 g/mol. The van der Waals surface area contributed by atoms with Crippen LogP contribution in [0.15, 0.2) is 28.8 Å². The minimum atomic E-state index is 0. The van der Waals surface area contributed by atoms with E-state index in [0.29, 0.717) is 29.2 Å². The highest BCUT2D eigenvalue weighted by molar-refractivity contribution is 6.30. The molecule has 1 atom stereocenters. The number of nitrogens with zero attached hydrogens (tertiary/aromatic N) is 3. The Bertz CT molecular complexity index is 607. The second kappa shape index (κ2) is 8.11. The fraction of sp³-hybridized carbons (Fsp3) is 0.500. The van der Waals surface area contributed by atoms with Crippen LogP contribution in [0.5, 0.6) is 0 Å². The second-order valence-electron chi connectivity index (χ2n) is 5.99. The van der Waals surface area contributed by atoms with Gasteiger partial charge in [-0.2, -0.15) is 4.98 Å². The molecule has 0 amide bonds. The van der Waals surface area contributed by atoms with Crippen molar-refractivity contribution in [2.75, 3.05) is 13.1 Å². The topological polar surface area (TPSA) is 68.2 Å². The third-order valence-electron chi connectivity index (χ3n) is 4.31. The number of halogens is 2. The van der Waals surface area contributed by atoms with Crippen molar-refractivity contribution < 1.29 is 4.52 Å². The summed E-state index contributed by atoms with van der Waals surface area (Å²) in [6.07, 6.45) is 2.27. The summed E-state index contributed by atoms with van der Waals surface area (Å²) < 4.78 is 5.37. The molecule has 1 saturated heterocycles. The Hall–Kier alpha value is -1.14. The lowest BCUT2D eigenvalue weighted by molar-refractivity contribution is 0.150. The first-order valence-corrected chi connectivity index (χ1v) is 8.06. The molecule has 2 N–H and O–H groups in total. The van der Waals surface area contributed by atoms with Crippen molar-refractivity contribution in [2.45, 2.75) is 32.4 Å². The van der Waals surface area contributed by atoms with Gasteiger partial charge in [-0.25, -0.2) is 0 Å². The molecule has 0 bridgehead atoms. The molecule has 0 radical (unpaired) electrons. The fourth-order valence-electron chi connectivity index (χ4n) is 2.86. The summed E-state index contributed by atoms with van der Waals surface area (Å²) in [7, 11) is 0. The predicted octanol–water partition coefficient (Wildman–Crippen LogP) is 3.37. The number of aromatic nitrogens is 2. The summed E-state index contributed by atoms with van der Waals surface area (Å²) in [4.78, 5) is 6.82. The lowest BCUT2D eigenvalue weighted by Crippen LogP contribution is -2.39. The number of piperidine rings is 1. The molecule has 1 aromatic heterocycles. The molecule has 1 aliphatic heterocycles. The maximum atomic E-state index is 5.97. The molecule has 3 rings (SSSR count). The Morgan fingerprint density at radius 2 is 1.96 bits per heavy atom. The molecule has 1 aliphatic rings. The van der Waals surface area contributed by atoms with Crippen LogP contribution in [0.4, 0.5) is 0 Å². The highest BCUT2D eigenvalue weighted by Gasteiger charge is 2.23. The summed E-state index contributed by atoms with van der Waals surface area (Å²) in [6, 6.07) is 7.72. The molecule has 1 fully saturated rings. The molecular formula is C16H22Cl2N4O. The number of hydrogen-bond acceptors (Lipinski definition) is 5. The summed E-state index contributed by atoms with van der Waals surface area (Å²) in [5.41, 5.74) is 6.89. The van der Waals surface area contributed by atoms with Crippen LogP contribution >= 0.6 is 24.0 Å². The molecule has 0 spiro atoms. The number of benzene rings is 1. The van der Waals surface area contributed by atoms with E-state index in [4.69, 9.17) is 21.9 Å². The van der Waals surface area contributed by atoms with E-state index in [-0.39, 0.29) is 18.4 Å². The van der Waals surface area contributed by atoms with Crippen molar-refractivity contribution in [1.29, 1.82) is 0 Å². The van der Waals surface area contributed by atoms with E-state index >= 15 is 0 Å². The Morgan fingerprint density at radius 3 is 2.57 bits per heavy atom. The van der Waals surface area contributed by atoms with Gasteiger partial charge in [0, 0.05) is 16.6 Å². The molecule has 1 unspecified atom stereocenters. The smallest absolute Gasteiger partial charge is 0.241 e. The van der Waals surface area contributed by atoms with Crippen LogP contribution in [0.25, 0.3) is 11.4 Å². The zero-order chi connectivity index (χ0) is 15.5. The number of likely N-dealkylation sites (tertiary alicyclic amines) is 1. The van der Waals surface area contributed by atoms with Crippen molar-refractivity contribution >= 4 is 24.0 Å². The van der Waals surface area contributed by atoms with Crippen molar-refractivity contribution in [1.82, 2.24) is 15.0 Å². The second-order valence-corrected chi connectivity index (χ2v) is 6.43. The lowest BCUT2D eigenvalue weighted by atomic mass is 9.91. The standard InChI is InChI=1S/C16H21ClN4O.ClH/c1-11(18)12-6-8-21(9-7-12)10-15-19-16(20-22-15)13-2-4-14(17)5-3-13;/h2-5,11-12H,6-10,18H2,1H3;1H. The van der Waals surface area contributed by atoms with Crippen LogP contribution in [-0.4, -0.2) is 34.2 Å². The first-order chi connectivity index (χ1) is 10.6. The third-order valence-corrected chi connectivity index (χ3v) is 4.56. The van der Waals surface area contributed by atoms with E-state index in [0.717, 1.165) is 31.5 Å². The highest BCUT2D eigenvalue weighted by atomic mass is 35.5. The van der Waals surface area contributed by atoms with Crippen LogP contribution in [0.2, 0.25) is 5.02 Å². The highest BCUT2D eigenvalue weighted by Crippen LogP contribution is 2.22. The Balaban J connectivity index is 0.00000192. The van der Waals surface area contributed by atoms with Crippen molar-refractivity contribution in [3.8, 4) is 11.4 Å². The zero-order valence-corrected chi connectivity index (χ0v) is 14.7. The minimum absolute atomic E-state index is 0. The molecule has 2 aromatic rings. The van der Waals surface area contributed by atoms with Gasteiger partial charge in [-0.3, -0.25) is 4.90 Å². The Kier molecular flexibility index (Phi) is 6.41. The van der Waals surface area contributed by atoms with E-state index in [1.807, 2.05) is 24.3 Å². The maximum Gasteiger partial charge on any atom is 0.241 e. The summed E-state index contributed by atoms with van der Waals surface area (Å²) in [5.74, 6) is 1.89. The average Bonchev–Trinajstić information content (AvgIpc) is 2.97. The van der Waals surface area contributed by atoms with Crippen LogP contribution < -0.4 is 5.73 Å². The predicted molar refractivity (Wildman–Crippen MR) is 93.6 cm³/mol. The van der Waals surface area contributed by atoms with Crippen molar-refractivity contribution in [2.24, 2.45) is 11.7 Å².